The van der Waals surface area contributed by atoms with Crippen LogP contribution in [-0.2, 0) is 11.5 Å². The molecule has 3 aromatic rings. The summed E-state index contributed by atoms with van der Waals surface area (Å²) in [4.78, 5) is 33.5. The van der Waals surface area contributed by atoms with Gasteiger partial charge in [0.25, 0.3) is 11.5 Å². The number of nitrogens with zero attached hydrogens (tertiary/aromatic N) is 3. The standard InChI is InChI=1S/C24H24N4O5S/c1-12-6-13(2)19-15(7-12)18(22(29)26-19)21-23(30)28-11-27(10-25-24(28)34-21)14-8-16(31-3)20(33-5)17(9-14)32-4/h6-9H,10-11H2,1-5H3,(H,26,29). The van der Waals surface area contributed by atoms with Crippen LogP contribution < -0.4 is 39.3 Å². The smallest absolute Gasteiger partial charge is 0.272 e. The summed E-state index contributed by atoms with van der Waals surface area (Å²) < 4.78 is 18.3. The number of benzene rings is 2. The lowest BCUT2D eigenvalue weighted by molar-refractivity contribution is -0.110. The Hall–Kier alpha value is -3.79. The lowest BCUT2D eigenvalue weighted by Gasteiger charge is -2.27. The van der Waals surface area contributed by atoms with Crippen LogP contribution in [-0.4, -0.2) is 38.5 Å². The molecule has 0 fully saturated rings. The zero-order chi connectivity index (χ0) is 24.1. The highest BCUT2D eigenvalue weighted by Gasteiger charge is 2.29. The molecule has 176 valence electrons. The third-order valence-corrected chi connectivity index (χ3v) is 7.12. The van der Waals surface area contributed by atoms with Crippen molar-refractivity contribution >= 4 is 34.2 Å². The fourth-order valence-electron chi connectivity index (χ4n) is 4.43. The van der Waals surface area contributed by atoms with Crippen LogP contribution in [0.1, 0.15) is 16.7 Å². The summed E-state index contributed by atoms with van der Waals surface area (Å²) in [5, 5.41) is 2.92. The van der Waals surface area contributed by atoms with E-state index in [1.165, 1.54) is 11.3 Å². The summed E-state index contributed by atoms with van der Waals surface area (Å²) in [5.41, 5.74) is 4.47. The highest BCUT2D eigenvalue weighted by Crippen LogP contribution is 2.41. The molecule has 10 heteroatoms. The van der Waals surface area contributed by atoms with E-state index in [0.717, 1.165) is 28.1 Å². The molecule has 0 unspecified atom stereocenters. The molecule has 0 aliphatic carbocycles. The van der Waals surface area contributed by atoms with Crippen LogP contribution in [0, 0.1) is 13.8 Å². The van der Waals surface area contributed by atoms with Gasteiger partial charge in [-0.05, 0) is 25.5 Å². The molecule has 34 heavy (non-hydrogen) atoms. The second-order valence-electron chi connectivity index (χ2n) is 8.14. The van der Waals surface area contributed by atoms with Gasteiger partial charge in [0, 0.05) is 23.4 Å². The average molecular weight is 481 g/mol. The molecule has 1 aromatic heterocycles. The van der Waals surface area contributed by atoms with E-state index in [1.54, 1.807) is 25.9 Å². The van der Waals surface area contributed by atoms with Crippen LogP contribution in [0.4, 0.5) is 11.4 Å². The third-order valence-electron chi connectivity index (χ3n) is 6.01. The Kier molecular flexibility index (Phi) is 5.32. The van der Waals surface area contributed by atoms with Crippen molar-refractivity contribution in [3.63, 3.8) is 0 Å². The van der Waals surface area contributed by atoms with E-state index in [9.17, 15) is 9.59 Å². The summed E-state index contributed by atoms with van der Waals surface area (Å²) in [5.74, 6) is 1.26. The molecule has 2 aliphatic rings. The topological polar surface area (TPSA) is 94.4 Å². The van der Waals surface area contributed by atoms with Crippen LogP contribution in [0.3, 0.4) is 0 Å². The second-order valence-corrected chi connectivity index (χ2v) is 9.12. The zero-order valence-electron chi connectivity index (χ0n) is 19.5. The minimum absolute atomic E-state index is 0.238. The number of rotatable bonds is 4. The predicted octanol–water partition coefficient (Wildman–Crippen LogP) is 1.76. The molecule has 1 N–H and O–H groups in total. The van der Waals surface area contributed by atoms with Gasteiger partial charge in [0.2, 0.25) is 5.75 Å². The molecule has 0 saturated carbocycles. The number of nitrogens with one attached hydrogen (secondary N) is 1. The number of thiazole rings is 1. The lowest BCUT2D eigenvalue weighted by atomic mass is 10.0. The van der Waals surface area contributed by atoms with Gasteiger partial charge in [-0.3, -0.25) is 14.2 Å². The highest BCUT2D eigenvalue weighted by molar-refractivity contribution is 7.07. The summed E-state index contributed by atoms with van der Waals surface area (Å²) >= 11 is 1.25. The lowest BCUT2D eigenvalue weighted by Crippen LogP contribution is -2.43. The highest BCUT2D eigenvalue weighted by atomic mass is 32.1. The van der Waals surface area contributed by atoms with Crippen molar-refractivity contribution in [3.8, 4) is 17.2 Å². The van der Waals surface area contributed by atoms with Gasteiger partial charge in [-0.25, -0.2) is 4.99 Å². The molecule has 1 amide bonds. The maximum Gasteiger partial charge on any atom is 0.272 e. The Labute approximate surface area is 199 Å². The zero-order valence-corrected chi connectivity index (χ0v) is 20.3. The summed E-state index contributed by atoms with van der Waals surface area (Å²) in [6.45, 7) is 4.55. The molecule has 2 aliphatic heterocycles. The Bertz CT molecular complexity index is 1500. The molecular weight excluding hydrogens is 456 g/mol. The largest absolute Gasteiger partial charge is 0.493 e. The van der Waals surface area contributed by atoms with Gasteiger partial charge in [0.05, 0.1) is 32.6 Å². The van der Waals surface area contributed by atoms with Crippen molar-refractivity contribution < 1.29 is 19.0 Å². The van der Waals surface area contributed by atoms with E-state index in [-0.39, 0.29) is 18.1 Å². The number of aromatic nitrogens is 1. The van der Waals surface area contributed by atoms with Crippen molar-refractivity contribution in [2.45, 2.75) is 20.5 Å². The number of fused-ring (bicyclic) bond motifs is 2. The molecule has 9 nitrogen and oxygen atoms in total. The van der Waals surface area contributed by atoms with Gasteiger partial charge < -0.3 is 24.4 Å². The number of ether oxygens (including phenoxy) is 3. The Morgan fingerprint density at radius 1 is 1.00 bits per heavy atom. The van der Waals surface area contributed by atoms with E-state index < -0.39 is 0 Å². The van der Waals surface area contributed by atoms with Crippen molar-refractivity contribution in [1.29, 1.82) is 0 Å². The molecule has 3 heterocycles. The van der Waals surface area contributed by atoms with E-state index in [4.69, 9.17) is 14.2 Å². The molecule has 0 saturated heterocycles. The van der Waals surface area contributed by atoms with Crippen molar-refractivity contribution in [1.82, 2.24) is 4.57 Å². The Morgan fingerprint density at radius 3 is 2.35 bits per heavy atom. The number of amides is 1. The number of hydrogen-bond donors (Lipinski definition) is 1. The fraction of sp³-hybridized carbons (Fsp3) is 0.292. The molecule has 0 spiro atoms. The minimum Gasteiger partial charge on any atom is -0.493 e. The van der Waals surface area contributed by atoms with Crippen LogP contribution in [0.5, 0.6) is 17.2 Å². The summed E-state index contributed by atoms with van der Waals surface area (Å²) in [7, 11) is 4.66. The average Bonchev–Trinajstić information content (AvgIpc) is 3.33. The van der Waals surface area contributed by atoms with Crippen LogP contribution in [0.2, 0.25) is 0 Å². The predicted molar refractivity (Wildman–Crippen MR) is 130 cm³/mol. The van der Waals surface area contributed by atoms with Crippen molar-refractivity contribution in [2.24, 2.45) is 4.99 Å². The molecule has 0 radical (unpaired) electrons. The van der Waals surface area contributed by atoms with E-state index in [0.29, 0.717) is 38.8 Å². The first-order chi connectivity index (χ1) is 16.4. The number of hydrogen-bond acceptors (Lipinski definition) is 8. The fourth-order valence-corrected chi connectivity index (χ4v) is 5.49. The maximum atomic E-state index is 13.5. The van der Waals surface area contributed by atoms with E-state index in [1.807, 2.05) is 43.0 Å². The molecule has 2 aromatic carbocycles. The Balaban J connectivity index is 1.62. The van der Waals surface area contributed by atoms with Gasteiger partial charge >= 0.3 is 0 Å². The number of methoxy groups -OCH3 is 3. The molecule has 0 atom stereocenters. The van der Waals surface area contributed by atoms with E-state index >= 15 is 0 Å². The Morgan fingerprint density at radius 2 is 1.71 bits per heavy atom. The minimum atomic E-state index is -0.263. The number of carbonyl (C=O) groups is 1. The van der Waals surface area contributed by atoms with Crippen LogP contribution >= 0.6 is 11.3 Å². The molecule has 5 rings (SSSR count). The summed E-state index contributed by atoms with van der Waals surface area (Å²) in [6, 6.07) is 7.60. The summed E-state index contributed by atoms with van der Waals surface area (Å²) in [6.07, 6.45) is 0. The van der Waals surface area contributed by atoms with Crippen molar-refractivity contribution in [2.75, 3.05) is 38.2 Å². The monoisotopic (exact) mass is 480 g/mol. The maximum absolute atomic E-state index is 13.5. The first-order valence-corrected chi connectivity index (χ1v) is 11.4. The van der Waals surface area contributed by atoms with Gasteiger partial charge in [-0.15, -0.1) is 0 Å². The second kappa shape index (κ2) is 8.21. The van der Waals surface area contributed by atoms with Gasteiger partial charge in [-0.1, -0.05) is 23.0 Å². The first kappa shape index (κ1) is 22.0. The number of aryl methyl sites for hydroxylation is 2. The molecular formula is C24H24N4O5S. The normalized spacial score (nSPS) is 15.9. The SMILES string of the molecule is COc1cc(N2CN=c3sc(=C4C(=O)Nc5c(C)cc(C)cc54)c(=O)n3C2)cc(OC)c1OC. The van der Waals surface area contributed by atoms with Crippen LogP contribution in [0.25, 0.3) is 5.57 Å². The van der Waals surface area contributed by atoms with Crippen molar-refractivity contribution in [3.05, 3.63) is 60.6 Å². The molecule has 0 bridgehead atoms. The third kappa shape index (κ3) is 3.33. The quantitative estimate of drug-likeness (QED) is 0.612. The van der Waals surface area contributed by atoms with Gasteiger partial charge in [-0.2, -0.15) is 0 Å². The van der Waals surface area contributed by atoms with E-state index in [2.05, 4.69) is 10.3 Å². The van der Waals surface area contributed by atoms with Crippen LogP contribution in [0.15, 0.2) is 34.1 Å². The van der Waals surface area contributed by atoms with Gasteiger partial charge in [0.1, 0.15) is 17.9 Å². The number of anilines is 2. The first-order valence-electron chi connectivity index (χ1n) is 10.6. The number of carbonyl (C=O) groups excluding carboxylic acids is 1. The van der Waals surface area contributed by atoms with Gasteiger partial charge in [0.15, 0.2) is 16.3 Å².